The van der Waals surface area contributed by atoms with Crippen LogP contribution in [0.1, 0.15) is 25.3 Å². The number of para-hydroxylation sites is 1. The second-order valence-electron chi connectivity index (χ2n) is 4.93. The smallest absolute Gasteiger partial charge is 0.101 e. The van der Waals surface area contributed by atoms with Gasteiger partial charge in [-0.3, -0.25) is 0 Å². The van der Waals surface area contributed by atoms with Crippen molar-refractivity contribution in [1.29, 1.82) is 5.26 Å². The molecule has 18 heavy (non-hydrogen) atoms. The maximum absolute atomic E-state index is 8.94. The van der Waals surface area contributed by atoms with E-state index in [0.717, 1.165) is 12.2 Å². The van der Waals surface area contributed by atoms with E-state index in [0.29, 0.717) is 17.3 Å². The van der Waals surface area contributed by atoms with Gasteiger partial charge in [0.15, 0.2) is 0 Å². The Kier molecular flexibility index (Phi) is 4.06. The number of nitrogens with one attached hydrogen (secondary N) is 1. The highest BCUT2D eigenvalue weighted by Gasteiger charge is 2.15. The van der Waals surface area contributed by atoms with Gasteiger partial charge in [0.1, 0.15) is 6.07 Å². The van der Waals surface area contributed by atoms with Crippen molar-refractivity contribution < 1.29 is 0 Å². The highest BCUT2D eigenvalue weighted by atomic mass is 15.2. The zero-order chi connectivity index (χ0) is 13.0. The van der Waals surface area contributed by atoms with E-state index in [1.54, 1.807) is 6.07 Å². The van der Waals surface area contributed by atoms with Crippen LogP contribution in [0.4, 0.5) is 11.4 Å². The van der Waals surface area contributed by atoms with Crippen LogP contribution in [-0.4, -0.2) is 30.6 Å². The Morgan fingerprint density at radius 3 is 2.83 bits per heavy atom. The fraction of sp³-hybridized carbons (Fsp3) is 0.500. The van der Waals surface area contributed by atoms with Crippen LogP contribution in [-0.2, 0) is 0 Å². The highest BCUT2D eigenvalue weighted by Crippen LogP contribution is 2.23. The first kappa shape index (κ1) is 12.7. The molecule has 0 radical (unpaired) electrons. The lowest BCUT2D eigenvalue weighted by Crippen LogP contribution is -2.33. The predicted molar refractivity (Wildman–Crippen MR) is 74.3 cm³/mol. The minimum Gasteiger partial charge on any atom is -0.396 e. The van der Waals surface area contributed by atoms with Crippen molar-refractivity contribution in [2.75, 3.05) is 30.7 Å². The normalized spacial score (nSPS) is 17.3. The molecule has 0 amide bonds. The Hall–Kier alpha value is -1.73. The van der Waals surface area contributed by atoms with Crippen molar-refractivity contribution in [3.63, 3.8) is 0 Å². The molecule has 0 aliphatic carbocycles. The Morgan fingerprint density at radius 2 is 2.17 bits per heavy atom. The predicted octanol–water partition coefficient (Wildman–Crippen LogP) is 2.04. The molecule has 1 aromatic carbocycles. The molecule has 0 aromatic heterocycles. The van der Waals surface area contributed by atoms with E-state index in [1.165, 1.54) is 25.9 Å². The SMILES string of the molecule is CC(CN1CCCC1)Nc1cccc(C#N)c1N. The minimum absolute atomic E-state index is 0.333. The summed E-state index contributed by atoms with van der Waals surface area (Å²) in [7, 11) is 0. The summed E-state index contributed by atoms with van der Waals surface area (Å²) >= 11 is 0. The van der Waals surface area contributed by atoms with Crippen LogP contribution in [0.25, 0.3) is 0 Å². The summed E-state index contributed by atoms with van der Waals surface area (Å²) in [6.45, 7) is 5.56. The molecule has 1 atom stereocenters. The molecule has 4 heteroatoms. The molecule has 2 rings (SSSR count). The molecule has 1 aromatic rings. The second-order valence-corrected chi connectivity index (χ2v) is 4.93. The first-order valence-corrected chi connectivity index (χ1v) is 6.48. The van der Waals surface area contributed by atoms with E-state index >= 15 is 0 Å². The summed E-state index contributed by atoms with van der Waals surface area (Å²) < 4.78 is 0. The number of likely N-dealkylation sites (tertiary alicyclic amines) is 1. The maximum Gasteiger partial charge on any atom is 0.101 e. The maximum atomic E-state index is 8.94. The highest BCUT2D eigenvalue weighted by molar-refractivity contribution is 5.73. The van der Waals surface area contributed by atoms with Gasteiger partial charge >= 0.3 is 0 Å². The molecule has 1 saturated heterocycles. The van der Waals surface area contributed by atoms with Crippen molar-refractivity contribution in [3.8, 4) is 6.07 Å². The van der Waals surface area contributed by atoms with E-state index in [9.17, 15) is 0 Å². The summed E-state index contributed by atoms with van der Waals surface area (Å²) in [4.78, 5) is 2.46. The molecule has 1 aliphatic rings. The Morgan fingerprint density at radius 1 is 1.44 bits per heavy atom. The molecule has 1 heterocycles. The summed E-state index contributed by atoms with van der Waals surface area (Å²) in [5.74, 6) is 0. The van der Waals surface area contributed by atoms with Crippen LogP contribution in [0.3, 0.4) is 0 Å². The molecule has 96 valence electrons. The van der Waals surface area contributed by atoms with Gasteiger partial charge in [-0.15, -0.1) is 0 Å². The number of nitrogens with two attached hydrogens (primary N) is 1. The average Bonchev–Trinajstić information content (AvgIpc) is 2.84. The molecule has 0 spiro atoms. The first-order valence-electron chi connectivity index (χ1n) is 6.48. The van der Waals surface area contributed by atoms with Gasteiger partial charge in [-0.25, -0.2) is 0 Å². The van der Waals surface area contributed by atoms with Crippen LogP contribution in [0, 0.1) is 11.3 Å². The fourth-order valence-corrected chi connectivity index (χ4v) is 2.45. The van der Waals surface area contributed by atoms with Crippen LogP contribution in [0.5, 0.6) is 0 Å². The topological polar surface area (TPSA) is 65.1 Å². The van der Waals surface area contributed by atoms with Crippen molar-refractivity contribution >= 4 is 11.4 Å². The third kappa shape index (κ3) is 2.93. The number of nitrogen functional groups attached to an aromatic ring is 1. The van der Waals surface area contributed by atoms with Gasteiger partial charge in [0, 0.05) is 12.6 Å². The van der Waals surface area contributed by atoms with Gasteiger partial charge in [-0.1, -0.05) is 6.07 Å². The van der Waals surface area contributed by atoms with E-state index in [2.05, 4.69) is 23.2 Å². The van der Waals surface area contributed by atoms with Crippen LogP contribution >= 0.6 is 0 Å². The van der Waals surface area contributed by atoms with E-state index in [1.807, 2.05) is 12.1 Å². The van der Waals surface area contributed by atoms with Crippen molar-refractivity contribution in [2.45, 2.75) is 25.8 Å². The minimum atomic E-state index is 0.333. The zero-order valence-electron chi connectivity index (χ0n) is 10.8. The van der Waals surface area contributed by atoms with E-state index < -0.39 is 0 Å². The molecule has 0 bridgehead atoms. The summed E-state index contributed by atoms with van der Waals surface area (Å²) in [5, 5.41) is 12.3. The molecule has 4 nitrogen and oxygen atoms in total. The Labute approximate surface area is 108 Å². The Balaban J connectivity index is 1.98. The van der Waals surface area contributed by atoms with Gasteiger partial charge < -0.3 is 16.0 Å². The lowest BCUT2D eigenvalue weighted by molar-refractivity contribution is 0.328. The lowest BCUT2D eigenvalue weighted by Gasteiger charge is -2.22. The third-order valence-electron chi connectivity index (χ3n) is 3.36. The largest absolute Gasteiger partial charge is 0.396 e. The second kappa shape index (κ2) is 5.74. The molecule has 1 fully saturated rings. The summed E-state index contributed by atoms with van der Waals surface area (Å²) in [6, 6.07) is 7.97. The molecular weight excluding hydrogens is 224 g/mol. The van der Waals surface area contributed by atoms with Crippen molar-refractivity contribution in [2.24, 2.45) is 0 Å². The monoisotopic (exact) mass is 244 g/mol. The first-order chi connectivity index (χ1) is 8.70. The van der Waals surface area contributed by atoms with Gasteiger partial charge in [0.25, 0.3) is 0 Å². The summed E-state index contributed by atoms with van der Waals surface area (Å²) in [6.07, 6.45) is 2.61. The number of rotatable bonds is 4. The number of hydrogen-bond acceptors (Lipinski definition) is 4. The van der Waals surface area contributed by atoms with E-state index in [-0.39, 0.29) is 0 Å². The van der Waals surface area contributed by atoms with Gasteiger partial charge in [-0.2, -0.15) is 5.26 Å². The number of nitriles is 1. The molecule has 3 N–H and O–H groups in total. The third-order valence-corrected chi connectivity index (χ3v) is 3.36. The van der Waals surface area contributed by atoms with Crippen LogP contribution in [0.15, 0.2) is 18.2 Å². The number of nitrogens with zero attached hydrogens (tertiary/aromatic N) is 2. The quantitative estimate of drug-likeness (QED) is 0.795. The molecule has 1 unspecified atom stereocenters. The standard InChI is InChI=1S/C14H20N4/c1-11(10-18-7-2-3-8-18)17-13-6-4-5-12(9-15)14(13)16/h4-6,11,17H,2-3,7-8,10,16H2,1H3. The van der Waals surface area contributed by atoms with Crippen LogP contribution < -0.4 is 11.1 Å². The number of hydrogen-bond donors (Lipinski definition) is 2. The molecule has 1 aliphatic heterocycles. The number of benzene rings is 1. The van der Waals surface area contributed by atoms with Crippen LogP contribution in [0.2, 0.25) is 0 Å². The van der Waals surface area contributed by atoms with Gasteiger partial charge in [0.2, 0.25) is 0 Å². The fourth-order valence-electron chi connectivity index (χ4n) is 2.45. The van der Waals surface area contributed by atoms with Gasteiger partial charge in [0.05, 0.1) is 16.9 Å². The van der Waals surface area contributed by atoms with Crippen molar-refractivity contribution in [3.05, 3.63) is 23.8 Å². The van der Waals surface area contributed by atoms with Gasteiger partial charge in [-0.05, 0) is 45.0 Å². The molecule has 0 saturated carbocycles. The van der Waals surface area contributed by atoms with Crippen molar-refractivity contribution in [1.82, 2.24) is 4.90 Å². The number of anilines is 2. The lowest BCUT2D eigenvalue weighted by atomic mass is 10.1. The zero-order valence-corrected chi connectivity index (χ0v) is 10.8. The molecular formula is C14H20N4. The average molecular weight is 244 g/mol. The van der Waals surface area contributed by atoms with E-state index in [4.69, 9.17) is 11.0 Å². The Bertz CT molecular complexity index is 444. The summed E-state index contributed by atoms with van der Waals surface area (Å²) in [5.41, 5.74) is 7.90.